The first-order valence-corrected chi connectivity index (χ1v) is 12.3. The molecule has 1 aliphatic heterocycles. The number of benzene rings is 2. The van der Waals surface area contributed by atoms with Crippen molar-refractivity contribution >= 4 is 22.5 Å². The lowest BCUT2D eigenvalue weighted by Crippen LogP contribution is -2.48. The standard InChI is InChI=1S/C19H29N5O2.C7H6ClF/c1-15-16-12-19(18(25-2)13-17(16)22-14-21-15)26-11-3-5-23-7-9-24(6-4-20)10-8-23;1-5-2-3-7(9)6(8)4-5/h12-14H,3-11,20H2,1-2H3;2-4H,1H3. The number of hydrogen-bond acceptors (Lipinski definition) is 7. The lowest BCUT2D eigenvalue weighted by atomic mass is 10.2. The van der Waals surface area contributed by atoms with E-state index in [1.54, 1.807) is 25.6 Å². The van der Waals surface area contributed by atoms with Crippen molar-refractivity contribution in [3.8, 4) is 11.5 Å². The van der Waals surface area contributed by atoms with Gasteiger partial charge in [0.05, 0.1) is 24.3 Å². The summed E-state index contributed by atoms with van der Waals surface area (Å²) in [6, 6.07) is 8.53. The number of methoxy groups -OCH3 is 1. The maximum Gasteiger partial charge on any atom is 0.162 e. The van der Waals surface area contributed by atoms with Crippen molar-refractivity contribution in [3.05, 3.63) is 58.8 Å². The van der Waals surface area contributed by atoms with Crippen LogP contribution in [-0.2, 0) is 0 Å². The van der Waals surface area contributed by atoms with Crippen LogP contribution >= 0.6 is 11.6 Å². The fourth-order valence-electron chi connectivity index (χ4n) is 3.96. The first kappa shape index (κ1) is 27.1. The molecular weight excluding hydrogens is 469 g/mol. The van der Waals surface area contributed by atoms with Gasteiger partial charge in [0.15, 0.2) is 11.5 Å². The van der Waals surface area contributed by atoms with E-state index in [0.717, 1.165) is 80.1 Å². The van der Waals surface area contributed by atoms with E-state index >= 15 is 0 Å². The number of nitrogens with zero attached hydrogens (tertiary/aromatic N) is 4. The van der Waals surface area contributed by atoms with Gasteiger partial charge in [-0.05, 0) is 44.0 Å². The number of ether oxygens (including phenoxy) is 2. The van der Waals surface area contributed by atoms with Crippen LogP contribution < -0.4 is 15.2 Å². The largest absolute Gasteiger partial charge is 0.493 e. The average molecular weight is 504 g/mol. The van der Waals surface area contributed by atoms with E-state index in [0.29, 0.717) is 12.4 Å². The van der Waals surface area contributed by atoms with E-state index in [2.05, 4.69) is 19.8 Å². The van der Waals surface area contributed by atoms with Crippen molar-refractivity contribution in [1.82, 2.24) is 19.8 Å². The van der Waals surface area contributed by atoms with Gasteiger partial charge in [0, 0.05) is 63.0 Å². The lowest BCUT2D eigenvalue weighted by Gasteiger charge is -2.34. The molecule has 0 unspecified atom stereocenters. The average Bonchev–Trinajstić information content (AvgIpc) is 2.86. The summed E-state index contributed by atoms with van der Waals surface area (Å²) in [5.74, 6) is 1.11. The van der Waals surface area contributed by atoms with Gasteiger partial charge in [0.25, 0.3) is 0 Å². The molecule has 9 heteroatoms. The first-order chi connectivity index (χ1) is 16.9. The quantitative estimate of drug-likeness (QED) is 0.464. The molecular formula is C26H35ClFN5O2. The summed E-state index contributed by atoms with van der Waals surface area (Å²) in [7, 11) is 1.66. The molecule has 0 spiro atoms. The van der Waals surface area contributed by atoms with Gasteiger partial charge < -0.3 is 20.1 Å². The van der Waals surface area contributed by atoms with E-state index in [-0.39, 0.29) is 10.8 Å². The van der Waals surface area contributed by atoms with Gasteiger partial charge in [-0.3, -0.25) is 4.90 Å². The van der Waals surface area contributed by atoms with Crippen molar-refractivity contribution in [1.29, 1.82) is 0 Å². The molecule has 7 nitrogen and oxygen atoms in total. The predicted octanol–water partition coefficient (Wildman–Crippen LogP) is 4.08. The van der Waals surface area contributed by atoms with E-state index in [4.69, 9.17) is 26.8 Å². The molecule has 0 saturated carbocycles. The van der Waals surface area contributed by atoms with Gasteiger partial charge in [-0.15, -0.1) is 0 Å². The van der Waals surface area contributed by atoms with Crippen molar-refractivity contribution < 1.29 is 13.9 Å². The zero-order valence-electron chi connectivity index (χ0n) is 20.8. The van der Waals surface area contributed by atoms with Gasteiger partial charge in [-0.1, -0.05) is 17.7 Å². The molecule has 35 heavy (non-hydrogen) atoms. The van der Waals surface area contributed by atoms with Crippen molar-refractivity contribution in [2.45, 2.75) is 20.3 Å². The Morgan fingerprint density at radius 3 is 2.34 bits per heavy atom. The second-order valence-corrected chi connectivity index (χ2v) is 8.98. The molecule has 1 saturated heterocycles. The van der Waals surface area contributed by atoms with Crippen LogP contribution in [0.4, 0.5) is 4.39 Å². The summed E-state index contributed by atoms with van der Waals surface area (Å²) < 4.78 is 23.8. The molecule has 0 aliphatic carbocycles. The summed E-state index contributed by atoms with van der Waals surface area (Å²) in [6.45, 7) is 11.7. The smallest absolute Gasteiger partial charge is 0.162 e. The summed E-state index contributed by atoms with van der Waals surface area (Å²) in [5.41, 5.74) is 8.41. The van der Waals surface area contributed by atoms with Crippen LogP contribution in [0.3, 0.4) is 0 Å². The van der Waals surface area contributed by atoms with Gasteiger partial charge in [-0.25, -0.2) is 14.4 Å². The van der Waals surface area contributed by atoms with Crippen LogP contribution in [0.25, 0.3) is 10.9 Å². The molecule has 0 radical (unpaired) electrons. The second kappa shape index (κ2) is 13.5. The number of rotatable bonds is 8. The van der Waals surface area contributed by atoms with E-state index in [9.17, 15) is 4.39 Å². The first-order valence-electron chi connectivity index (χ1n) is 11.9. The van der Waals surface area contributed by atoms with Crippen LogP contribution in [0.15, 0.2) is 36.7 Å². The lowest BCUT2D eigenvalue weighted by molar-refractivity contribution is 0.128. The topological polar surface area (TPSA) is 76.7 Å². The Morgan fingerprint density at radius 1 is 1.00 bits per heavy atom. The van der Waals surface area contributed by atoms with Crippen molar-refractivity contribution in [3.63, 3.8) is 0 Å². The Kier molecular flexibility index (Phi) is 10.5. The summed E-state index contributed by atoms with van der Waals surface area (Å²) >= 11 is 5.44. The van der Waals surface area contributed by atoms with Gasteiger partial charge in [0.1, 0.15) is 12.1 Å². The molecule has 0 amide bonds. The van der Waals surface area contributed by atoms with E-state index in [1.165, 1.54) is 6.07 Å². The van der Waals surface area contributed by atoms with E-state index < -0.39 is 0 Å². The van der Waals surface area contributed by atoms with Gasteiger partial charge in [0.2, 0.25) is 0 Å². The van der Waals surface area contributed by atoms with Crippen molar-refractivity contribution in [2.75, 3.05) is 59.5 Å². The van der Waals surface area contributed by atoms with Crippen molar-refractivity contribution in [2.24, 2.45) is 5.73 Å². The Hall–Kier alpha value is -2.52. The number of halogens is 2. The summed E-state index contributed by atoms with van der Waals surface area (Å²) in [5, 5.41) is 1.19. The van der Waals surface area contributed by atoms with Crippen LogP contribution in [0.1, 0.15) is 17.7 Å². The predicted molar refractivity (Wildman–Crippen MR) is 139 cm³/mol. The normalized spacial score (nSPS) is 14.5. The third-order valence-corrected chi connectivity index (χ3v) is 6.27. The molecule has 0 atom stereocenters. The third-order valence-electron chi connectivity index (χ3n) is 5.98. The molecule has 1 aromatic heterocycles. The number of fused-ring (bicyclic) bond motifs is 1. The molecule has 1 aliphatic rings. The van der Waals surface area contributed by atoms with Crippen LogP contribution in [0.5, 0.6) is 11.5 Å². The molecule has 3 aromatic rings. The molecule has 2 aromatic carbocycles. The molecule has 2 N–H and O–H groups in total. The molecule has 0 bridgehead atoms. The van der Waals surface area contributed by atoms with Crippen LogP contribution in [0.2, 0.25) is 5.02 Å². The van der Waals surface area contributed by atoms with Gasteiger partial charge >= 0.3 is 0 Å². The number of aryl methyl sites for hydroxylation is 2. The zero-order chi connectivity index (χ0) is 25.2. The Bertz CT molecular complexity index is 1090. The minimum Gasteiger partial charge on any atom is -0.493 e. The van der Waals surface area contributed by atoms with Crippen LogP contribution in [-0.4, -0.2) is 79.3 Å². The molecule has 190 valence electrons. The minimum atomic E-state index is -0.359. The second-order valence-electron chi connectivity index (χ2n) is 8.57. The highest BCUT2D eigenvalue weighted by atomic mass is 35.5. The van der Waals surface area contributed by atoms with Gasteiger partial charge in [-0.2, -0.15) is 0 Å². The Morgan fingerprint density at radius 2 is 1.71 bits per heavy atom. The fourth-order valence-corrected chi connectivity index (χ4v) is 4.19. The SMILES string of the molecule is COc1cc2ncnc(C)c2cc1OCCCN1CCN(CCN)CC1.Cc1ccc(F)c(Cl)c1. The fraction of sp³-hybridized carbons (Fsp3) is 0.462. The summed E-state index contributed by atoms with van der Waals surface area (Å²) in [6.07, 6.45) is 2.56. The highest BCUT2D eigenvalue weighted by Crippen LogP contribution is 2.32. The maximum atomic E-state index is 12.4. The monoisotopic (exact) mass is 503 g/mol. The number of piperazine rings is 1. The van der Waals surface area contributed by atoms with E-state index in [1.807, 2.05) is 26.0 Å². The molecule has 4 rings (SSSR count). The minimum absolute atomic E-state index is 0.190. The number of aromatic nitrogens is 2. The zero-order valence-corrected chi connectivity index (χ0v) is 21.5. The number of nitrogens with two attached hydrogens (primary N) is 1. The maximum absolute atomic E-state index is 12.4. The molecule has 2 heterocycles. The number of hydrogen-bond donors (Lipinski definition) is 1. The highest BCUT2D eigenvalue weighted by molar-refractivity contribution is 6.30. The van der Waals surface area contributed by atoms with Crippen LogP contribution in [0, 0.1) is 19.7 Å². The molecule has 1 fully saturated rings. The Labute approximate surface area is 212 Å². The summed E-state index contributed by atoms with van der Waals surface area (Å²) in [4.78, 5) is 13.5. The highest BCUT2D eigenvalue weighted by Gasteiger charge is 2.16. The Balaban J connectivity index is 0.000000320. The third kappa shape index (κ3) is 8.00.